The normalized spacial score (nSPS) is 30.7. The molecule has 1 fully saturated rings. The highest BCUT2D eigenvalue weighted by Gasteiger charge is 2.44. The molecule has 1 aromatic rings. The van der Waals surface area contributed by atoms with Gasteiger partial charge in [0.2, 0.25) is 0 Å². The molecule has 3 aliphatic heterocycles. The fourth-order valence-corrected chi connectivity index (χ4v) is 5.67. The Labute approximate surface area is 126 Å². The molecule has 4 nitrogen and oxygen atoms in total. The highest BCUT2D eigenvalue weighted by molar-refractivity contribution is 7.93. The predicted molar refractivity (Wildman–Crippen MR) is 75.6 cm³/mol. The summed E-state index contributed by atoms with van der Waals surface area (Å²) >= 11 is 0. The van der Waals surface area contributed by atoms with Crippen molar-refractivity contribution >= 4 is 15.4 Å². The van der Waals surface area contributed by atoms with E-state index in [-0.39, 0.29) is 16.7 Å². The number of fused-ring (bicyclic) bond motifs is 3. The van der Waals surface area contributed by atoms with Crippen LogP contribution in [-0.4, -0.2) is 25.2 Å². The largest absolute Gasteiger partial charge is 0.586 e. The van der Waals surface area contributed by atoms with Crippen molar-refractivity contribution in [1.29, 1.82) is 0 Å². The minimum absolute atomic E-state index is 0.00187. The molecule has 0 radical (unpaired) electrons. The summed E-state index contributed by atoms with van der Waals surface area (Å²) in [5.41, 5.74) is 1.60. The van der Waals surface area contributed by atoms with E-state index in [1.165, 1.54) is 12.1 Å². The van der Waals surface area contributed by atoms with E-state index in [1.807, 2.05) is 0 Å². The van der Waals surface area contributed by atoms with E-state index in [4.69, 9.17) is 0 Å². The molecule has 4 rings (SSSR count). The molecule has 2 atom stereocenters. The van der Waals surface area contributed by atoms with Crippen LogP contribution in [0.5, 0.6) is 11.5 Å². The van der Waals surface area contributed by atoms with Gasteiger partial charge in [0.1, 0.15) is 0 Å². The molecule has 0 spiro atoms. The fourth-order valence-electron chi connectivity index (χ4n) is 3.42. The third-order valence-electron chi connectivity index (χ3n) is 4.51. The number of rotatable bonds is 1. The first-order chi connectivity index (χ1) is 10.4. The SMILES string of the molecule is O=S1(=O)C2C=C(c3ccc4c(c3)OC(F)(F)O4)CC1CCC2. The number of hydrogen-bond donors (Lipinski definition) is 0. The van der Waals surface area contributed by atoms with Crippen molar-refractivity contribution in [1.82, 2.24) is 0 Å². The van der Waals surface area contributed by atoms with Gasteiger partial charge in [0.05, 0.1) is 10.5 Å². The van der Waals surface area contributed by atoms with Gasteiger partial charge in [0, 0.05) is 0 Å². The van der Waals surface area contributed by atoms with E-state index in [0.29, 0.717) is 24.8 Å². The molecule has 3 aliphatic rings. The van der Waals surface area contributed by atoms with Gasteiger partial charge in [-0.05, 0) is 42.5 Å². The van der Waals surface area contributed by atoms with E-state index < -0.39 is 21.4 Å². The average Bonchev–Trinajstić information content (AvgIpc) is 2.70. The Morgan fingerprint density at radius 2 is 1.91 bits per heavy atom. The molecule has 0 amide bonds. The van der Waals surface area contributed by atoms with Gasteiger partial charge in [-0.15, -0.1) is 8.78 Å². The number of halogens is 2. The molecule has 0 aliphatic carbocycles. The van der Waals surface area contributed by atoms with Crippen LogP contribution in [0.2, 0.25) is 0 Å². The van der Waals surface area contributed by atoms with Crippen LogP contribution in [0.3, 0.4) is 0 Å². The zero-order valence-electron chi connectivity index (χ0n) is 11.6. The average molecular weight is 328 g/mol. The van der Waals surface area contributed by atoms with Crippen LogP contribution in [0, 0.1) is 0 Å². The minimum Gasteiger partial charge on any atom is -0.395 e. The molecule has 0 saturated carbocycles. The molecule has 1 saturated heterocycles. The Bertz CT molecular complexity index is 770. The van der Waals surface area contributed by atoms with Gasteiger partial charge in [-0.25, -0.2) is 8.42 Å². The second-order valence-electron chi connectivity index (χ2n) is 5.91. The standard InChI is InChI=1S/C15H14F2O4S/c16-15(17)20-13-5-4-9(8-14(13)21-15)10-6-11-2-1-3-12(7-10)22(11,18)19/h4-6,8,11-12H,1-3,7H2. The summed E-state index contributed by atoms with van der Waals surface area (Å²) in [4.78, 5) is 0. The number of benzene rings is 1. The van der Waals surface area contributed by atoms with Crippen molar-refractivity contribution in [2.75, 3.05) is 0 Å². The van der Waals surface area contributed by atoms with Crippen molar-refractivity contribution in [3.05, 3.63) is 29.8 Å². The first kappa shape index (κ1) is 14.0. The number of hydrogen-bond acceptors (Lipinski definition) is 4. The van der Waals surface area contributed by atoms with Crippen LogP contribution in [0.15, 0.2) is 24.3 Å². The zero-order chi connectivity index (χ0) is 15.5. The van der Waals surface area contributed by atoms with Crippen molar-refractivity contribution in [3.8, 4) is 11.5 Å². The molecule has 22 heavy (non-hydrogen) atoms. The first-order valence-electron chi connectivity index (χ1n) is 7.19. The van der Waals surface area contributed by atoms with Crippen LogP contribution >= 0.6 is 0 Å². The van der Waals surface area contributed by atoms with E-state index >= 15 is 0 Å². The summed E-state index contributed by atoms with van der Waals surface area (Å²) < 4.78 is 59.5. The lowest BCUT2D eigenvalue weighted by atomic mass is 9.93. The molecule has 1 aromatic carbocycles. The first-order valence-corrected chi connectivity index (χ1v) is 8.80. The van der Waals surface area contributed by atoms with Crippen LogP contribution in [0.1, 0.15) is 31.2 Å². The Hall–Kier alpha value is -1.63. The van der Waals surface area contributed by atoms with Crippen molar-refractivity contribution in [2.24, 2.45) is 0 Å². The van der Waals surface area contributed by atoms with Crippen LogP contribution in [0.25, 0.3) is 5.57 Å². The highest BCUT2D eigenvalue weighted by atomic mass is 32.2. The molecule has 118 valence electrons. The van der Waals surface area contributed by atoms with Crippen molar-refractivity contribution < 1.29 is 26.7 Å². The van der Waals surface area contributed by atoms with Crippen LogP contribution in [0.4, 0.5) is 8.78 Å². The smallest absolute Gasteiger partial charge is 0.395 e. The van der Waals surface area contributed by atoms with Gasteiger partial charge in [0.25, 0.3) is 0 Å². The van der Waals surface area contributed by atoms with Gasteiger partial charge in [-0.2, -0.15) is 0 Å². The number of alkyl halides is 2. The second-order valence-corrected chi connectivity index (χ2v) is 8.36. The van der Waals surface area contributed by atoms with E-state index in [2.05, 4.69) is 9.47 Å². The lowest BCUT2D eigenvalue weighted by molar-refractivity contribution is -0.286. The molecule has 3 heterocycles. The van der Waals surface area contributed by atoms with Crippen molar-refractivity contribution in [3.63, 3.8) is 0 Å². The Balaban J connectivity index is 1.71. The maximum Gasteiger partial charge on any atom is 0.586 e. The van der Waals surface area contributed by atoms with Gasteiger partial charge in [-0.3, -0.25) is 0 Å². The summed E-state index contributed by atoms with van der Waals surface area (Å²) in [5, 5.41) is -0.819. The number of sulfone groups is 1. The molecule has 0 aromatic heterocycles. The topological polar surface area (TPSA) is 52.6 Å². The van der Waals surface area contributed by atoms with Crippen LogP contribution < -0.4 is 9.47 Å². The summed E-state index contributed by atoms with van der Waals surface area (Å²) in [6.07, 6.45) is 0.757. The summed E-state index contributed by atoms with van der Waals surface area (Å²) in [5.74, 6) is -0.0139. The van der Waals surface area contributed by atoms with Gasteiger partial charge < -0.3 is 9.47 Å². The maximum atomic E-state index is 13.1. The molecule has 7 heteroatoms. The minimum atomic E-state index is -3.64. The second kappa shape index (κ2) is 4.44. The monoisotopic (exact) mass is 328 g/mol. The summed E-state index contributed by atoms with van der Waals surface area (Å²) in [6, 6.07) is 4.60. The molecule has 2 unspecified atom stereocenters. The predicted octanol–water partition coefficient (Wildman–Crippen LogP) is 3.13. The third kappa shape index (κ3) is 2.10. The molecule has 2 bridgehead atoms. The third-order valence-corrected chi connectivity index (χ3v) is 7.06. The molecular formula is C15H14F2O4S. The Kier molecular flexibility index (Phi) is 2.82. The van der Waals surface area contributed by atoms with Gasteiger partial charge >= 0.3 is 6.29 Å². The zero-order valence-corrected chi connectivity index (χ0v) is 12.4. The lowest BCUT2D eigenvalue weighted by Crippen LogP contribution is -2.38. The fraction of sp³-hybridized carbons (Fsp3) is 0.467. The Morgan fingerprint density at radius 3 is 2.68 bits per heavy atom. The quantitative estimate of drug-likeness (QED) is 0.795. The molecule has 0 N–H and O–H groups in total. The summed E-state index contributed by atoms with van der Waals surface area (Å²) in [7, 11) is -3.09. The Morgan fingerprint density at radius 1 is 1.14 bits per heavy atom. The highest BCUT2D eigenvalue weighted by Crippen LogP contribution is 2.44. The lowest BCUT2D eigenvalue weighted by Gasteiger charge is -2.33. The van der Waals surface area contributed by atoms with E-state index in [9.17, 15) is 17.2 Å². The van der Waals surface area contributed by atoms with E-state index in [0.717, 1.165) is 12.0 Å². The van der Waals surface area contributed by atoms with Gasteiger partial charge in [-0.1, -0.05) is 18.6 Å². The van der Waals surface area contributed by atoms with Crippen molar-refractivity contribution in [2.45, 2.75) is 42.5 Å². The van der Waals surface area contributed by atoms with Gasteiger partial charge in [0.15, 0.2) is 21.3 Å². The maximum absolute atomic E-state index is 13.1. The molecular weight excluding hydrogens is 314 g/mol. The number of ether oxygens (including phenoxy) is 2. The van der Waals surface area contributed by atoms with Crippen LogP contribution in [-0.2, 0) is 9.84 Å². The number of allylic oxidation sites excluding steroid dienone is 1. The summed E-state index contributed by atoms with van der Waals surface area (Å²) in [6.45, 7) is 0. The van der Waals surface area contributed by atoms with E-state index in [1.54, 1.807) is 12.1 Å².